The fourth-order valence-electron chi connectivity index (χ4n) is 2.04. The third-order valence-electron chi connectivity index (χ3n) is 2.84. The molecular formula is C14H20N2O. The number of benzene rings is 1. The average Bonchev–Trinajstić information content (AvgIpc) is 2.71. The maximum Gasteiger partial charge on any atom is 0.122 e. The SMILES string of the molecule is COCn1ccc2cccc(CNC(C)C)c21. The van der Waals surface area contributed by atoms with Crippen molar-refractivity contribution in [1.29, 1.82) is 0 Å². The van der Waals surface area contributed by atoms with Gasteiger partial charge in [-0.15, -0.1) is 0 Å². The first-order valence-electron chi connectivity index (χ1n) is 6.01. The van der Waals surface area contributed by atoms with E-state index < -0.39 is 0 Å². The topological polar surface area (TPSA) is 26.2 Å². The lowest BCUT2D eigenvalue weighted by Gasteiger charge is -2.12. The molecule has 2 aromatic rings. The molecule has 1 aromatic heterocycles. The van der Waals surface area contributed by atoms with Gasteiger partial charge in [0.1, 0.15) is 6.73 Å². The average molecular weight is 232 g/mol. The van der Waals surface area contributed by atoms with E-state index in [0.29, 0.717) is 12.8 Å². The smallest absolute Gasteiger partial charge is 0.122 e. The summed E-state index contributed by atoms with van der Waals surface area (Å²) in [5.74, 6) is 0. The molecule has 1 N–H and O–H groups in total. The summed E-state index contributed by atoms with van der Waals surface area (Å²) in [6.07, 6.45) is 2.08. The van der Waals surface area contributed by atoms with Gasteiger partial charge in [-0.1, -0.05) is 32.0 Å². The summed E-state index contributed by atoms with van der Waals surface area (Å²) < 4.78 is 7.36. The second-order valence-corrected chi connectivity index (χ2v) is 4.59. The quantitative estimate of drug-likeness (QED) is 0.858. The molecule has 0 spiro atoms. The Morgan fingerprint density at radius 2 is 2.12 bits per heavy atom. The van der Waals surface area contributed by atoms with Crippen LogP contribution in [0.1, 0.15) is 19.4 Å². The maximum atomic E-state index is 5.22. The first-order valence-corrected chi connectivity index (χ1v) is 6.01. The molecule has 1 heterocycles. The summed E-state index contributed by atoms with van der Waals surface area (Å²) in [5.41, 5.74) is 2.58. The summed E-state index contributed by atoms with van der Waals surface area (Å²) in [4.78, 5) is 0. The van der Waals surface area contributed by atoms with E-state index in [4.69, 9.17) is 4.74 Å². The molecule has 0 saturated carbocycles. The fraction of sp³-hybridized carbons (Fsp3) is 0.429. The Balaban J connectivity index is 2.36. The Hall–Kier alpha value is -1.32. The van der Waals surface area contributed by atoms with Crippen molar-refractivity contribution in [3.63, 3.8) is 0 Å². The molecule has 0 aliphatic rings. The van der Waals surface area contributed by atoms with E-state index in [1.807, 2.05) is 0 Å². The van der Waals surface area contributed by atoms with Gasteiger partial charge in [0.2, 0.25) is 0 Å². The number of ether oxygens (including phenoxy) is 1. The van der Waals surface area contributed by atoms with Crippen LogP contribution < -0.4 is 5.32 Å². The van der Waals surface area contributed by atoms with E-state index in [9.17, 15) is 0 Å². The van der Waals surface area contributed by atoms with E-state index in [2.05, 4.69) is 54.2 Å². The largest absolute Gasteiger partial charge is 0.364 e. The molecule has 0 amide bonds. The number of rotatable bonds is 5. The standard InChI is InChI=1S/C14H20N2O/c1-11(2)15-9-13-6-4-5-12-7-8-16(10-17-3)14(12)13/h4-8,11,15H,9-10H2,1-3H3. The summed E-state index contributed by atoms with van der Waals surface area (Å²) >= 11 is 0. The van der Waals surface area contributed by atoms with Crippen LogP contribution in [0, 0.1) is 0 Å². The normalized spacial score (nSPS) is 11.5. The highest BCUT2D eigenvalue weighted by Gasteiger charge is 2.06. The molecule has 1 aromatic carbocycles. The lowest BCUT2D eigenvalue weighted by molar-refractivity contribution is 0.134. The minimum absolute atomic E-state index is 0.496. The number of hydrogen-bond donors (Lipinski definition) is 1. The Morgan fingerprint density at radius 3 is 2.82 bits per heavy atom. The summed E-state index contributed by atoms with van der Waals surface area (Å²) in [6, 6.07) is 9.05. The van der Waals surface area contributed by atoms with Crippen LogP contribution in [0.3, 0.4) is 0 Å². The Labute approximate surface area is 102 Å². The summed E-state index contributed by atoms with van der Waals surface area (Å²) in [7, 11) is 1.72. The van der Waals surface area contributed by atoms with Crippen LogP contribution in [0.5, 0.6) is 0 Å². The van der Waals surface area contributed by atoms with Crippen molar-refractivity contribution in [2.75, 3.05) is 7.11 Å². The number of methoxy groups -OCH3 is 1. The van der Waals surface area contributed by atoms with E-state index in [1.165, 1.54) is 16.5 Å². The number of hydrogen-bond acceptors (Lipinski definition) is 2. The van der Waals surface area contributed by atoms with E-state index >= 15 is 0 Å². The molecule has 17 heavy (non-hydrogen) atoms. The predicted molar refractivity (Wildman–Crippen MR) is 70.9 cm³/mol. The van der Waals surface area contributed by atoms with Gasteiger partial charge in [-0.3, -0.25) is 0 Å². The molecule has 0 atom stereocenters. The van der Waals surface area contributed by atoms with Crippen LogP contribution in [0.25, 0.3) is 10.9 Å². The molecule has 3 nitrogen and oxygen atoms in total. The first-order chi connectivity index (χ1) is 8.22. The number of nitrogens with one attached hydrogen (secondary N) is 1. The molecule has 2 rings (SSSR count). The number of fused-ring (bicyclic) bond motifs is 1. The highest BCUT2D eigenvalue weighted by molar-refractivity contribution is 5.83. The van der Waals surface area contributed by atoms with Crippen molar-refractivity contribution < 1.29 is 4.74 Å². The van der Waals surface area contributed by atoms with Gasteiger partial charge in [0.15, 0.2) is 0 Å². The molecule has 0 fully saturated rings. The predicted octanol–water partition coefficient (Wildman–Crippen LogP) is 2.74. The van der Waals surface area contributed by atoms with Gasteiger partial charge in [-0.2, -0.15) is 0 Å². The maximum absolute atomic E-state index is 5.22. The number of para-hydroxylation sites is 1. The van der Waals surface area contributed by atoms with Gasteiger partial charge < -0.3 is 14.6 Å². The first kappa shape index (κ1) is 12.1. The lowest BCUT2D eigenvalue weighted by atomic mass is 10.1. The van der Waals surface area contributed by atoms with Crippen molar-refractivity contribution in [3.05, 3.63) is 36.0 Å². The second kappa shape index (κ2) is 5.34. The van der Waals surface area contributed by atoms with E-state index in [-0.39, 0.29) is 0 Å². The fourth-order valence-corrected chi connectivity index (χ4v) is 2.04. The highest BCUT2D eigenvalue weighted by Crippen LogP contribution is 2.20. The summed E-state index contributed by atoms with van der Waals surface area (Å²) in [6.45, 7) is 5.81. The van der Waals surface area contributed by atoms with Crippen LogP contribution in [0.2, 0.25) is 0 Å². The van der Waals surface area contributed by atoms with Crippen LogP contribution in [-0.4, -0.2) is 17.7 Å². The van der Waals surface area contributed by atoms with Crippen molar-refractivity contribution >= 4 is 10.9 Å². The zero-order valence-electron chi connectivity index (χ0n) is 10.7. The monoisotopic (exact) mass is 232 g/mol. The Bertz CT molecular complexity index is 488. The third-order valence-corrected chi connectivity index (χ3v) is 2.84. The highest BCUT2D eigenvalue weighted by atomic mass is 16.5. The zero-order chi connectivity index (χ0) is 12.3. The molecule has 0 saturated heterocycles. The minimum Gasteiger partial charge on any atom is -0.364 e. The van der Waals surface area contributed by atoms with Crippen LogP contribution in [0.15, 0.2) is 30.5 Å². The molecular weight excluding hydrogens is 212 g/mol. The molecule has 0 unspecified atom stereocenters. The molecule has 3 heteroatoms. The van der Waals surface area contributed by atoms with Crippen molar-refractivity contribution in [2.45, 2.75) is 33.2 Å². The van der Waals surface area contributed by atoms with Gasteiger partial charge >= 0.3 is 0 Å². The molecule has 92 valence electrons. The lowest BCUT2D eigenvalue weighted by Crippen LogP contribution is -2.22. The van der Waals surface area contributed by atoms with Gasteiger partial charge in [-0.25, -0.2) is 0 Å². The minimum atomic E-state index is 0.496. The van der Waals surface area contributed by atoms with Gasteiger partial charge in [0, 0.05) is 25.9 Å². The molecule has 0 aliphatic carbocycles. The van der Waals surface area contributed by atoms with E-state index in [1.54, 1.807) is 7.11 Å². The van der Waals surface area contributed by atoms with Crippen LogP contribution in [0.4, 0.5) is 0 Å². The van der Waals surface area contributed by atoms with Crippen LogP contribution in [-0.2, 0) is 18.0 Å². The second-order valence-electron chi connectivity index (χ2n) is 4.59. The summed E-state index contributed by atoms with van der Waals surface area (Å²) in [5, 5.41) is 4.73. The Morgan fingerprint density at radius 1 is 1.29 bits per heavy atom. The van der Waals surface area contributed by atoms with Gasteiger partial charge in [0.05, 0.1) is 5.52 Å². The van der Waals surface area contributed by atoms with Crippen molar-refractivity contribution in [1.82, 2.24) is 9.88 Å². The number of nitrogens with zero attached hydrogens (tertiary/aromatic N) is 1. The van der Waals surface area contributed by atoms with E-state index in [0.717, 1.165) is 6.54 Å². The zero-order valence-corrected chi connectivity index (χ0v) is 10.7. The molecule has 0 bridgehead atoms. The third kappa shape index (κ3) is 2.68. The van der Waals surface area contributed by atoms with Crippen LogP contribution >= 0.6 is 0 Å². The van der Waals surface area contributed by atoms with Crippen molar-refractivity contribution in [3.8, 4) is 0 Å². The number of aromatic nitrogens is 1. The van der Waals surface area contributed by atoms with Gasteiger partial charge in [-0.05, 0) is 17.0 Å². The molecule has 0 aliphatic heterocycles. The van der Waals surface area contributed by atoms with Crippen molar-refractivity contribution in [2.24, 2.45) is 0 Å². The van der Waals surface area contributed by atoms with Gasteiger partial charge in [0.25, 0.3) is 0 Å². The molecule has 0 radical (unpaired) electrons. The Kier molecular flexibility index (Phi) is 3.82.